The molecule has 0 radical (unpaired) electrons. The second kappa shape index (κ2) is 6.02. The molecule has 1 spiro atoms. The number of nitrogens with zero attached hydrogens (tertiary/aromatic N) is 3. The highest BCUT2D eigenvalue weighted by Crippen LogP contribution is 2.43. The molecule has 0 saturated carbocycles. The number of hydrogen-bond donors (Lipinski definition) is 1. The number of rotatable bonds is 3. The maximum atomic E-state index is 12.2. The van der Waals surface area contributed by atoms with Gasteiger partial charge in [-0.25, -0.2) is 0 Å². The summed E-state index contributed by atoms with van der Waals surface area (Å²) in [4.78, 5) is 14.6. The Morgan fingerprint density at radius 3 is 2.72 bits per heavy atom. The first-order chi connectivity index (χ1) is 11.9. The van der Waals surface area contributed by atoms with Crippen LogP contribution in [0.25, 0.3) is 0 Å². The monoisotopic (exact) mass is 342 g/mol. The Morgan fingerprint density at radius 1 is 1.36 bits per heavy atom. The van der Waals surface area contributed by atoms with Crippen molar-refractivity contribution in [1.29, 1.82) is 0 Å². The van der Waals surface area contributed by atoms with Gasteiger partial charge in [-0.1, -0.05) is 0 Å². The molecule has 134 valence electrons. The lowest BCUT2D eigenvalue weighted by atomic mass is 9.75. The van der Waals surface area contributed by atoms with Gasteiger partial charge in [-0.15, -0.1) is 0 Å². The van der Waals surface area contributed by atoms with Crippen molar-refractivity contribution in [2.75, 3.05) is 13.1 Å². The number of likely N-dealkylation sites (tertiary alicyclic amines) is 1. The zero-order chi connectivity index (χ0) is 17.6. The Morgan fingerprint density at radius 2 is 2.12 bits per heavy atom. The Labute approximate surface area is 148 Å². The largest absolute Gasteiger partial charge is 0.465 e. The predicted molar refractivity (Wildman–Crippen MR) is 94.1 cm³/mol. The summed E-state index contributed by atoms with van der Waals surface area (Å²) in [5, 5.41) is 7.60. The number of nitrogens with one attached hydrogen (secondary N) is 1. The summed E-state index contributed by atoms with van der Waals surface area (Å²) in [6, 6.07) is 2.13. The molecule has 2 aromatic rings. The number of hydrogen-bond acceptors (Lipinski definition) is 4. The first kappa shape index (κ1) is 16.4. The molecule has 2 aliphatic rings. The molecular weight excluding hydrogens is 316 g/mol. The van der Waals surface area contributed by atoms with Gasteiger partial charge in [0.25, 0.3) is 0 Å². The molecule has 1 atom stereocenters. The van der Waals surface area contributed by atoms with Crippen molar-refractivity contribution in [2.45, 2.75) is 51.1 Å². The minimum atomic E-state index is -0.119. The molecule has 25 heavy (non-hydrogen) atoms. The summed E-state index contributed by atoms with van der Waals surface area (Å²) in [6.45, 7) is 6.87. The van der Waals surface area contributed by atoms with E-state index in [1.807, 2.05) is 31.0 Å². The van der Waals surface area contributed by atoms with E-state index in [4.69, 9.17) is 4.42 Å². The fourth-order valence-electron chi connectivity index (χ4n) is 4.39. The van der Waals surface area contributed by atoms with Crippen LogP contribution in [-0.4, -0.2) is 39.2 Å². The number of carbonyl (C=O) groups excluding carboxylic acids is 1. The molecule has 4 rings (SSSR count). The molecule has 2 saturated heterocycles. The molecule has 0 unspecified atom stereocenters. The van der Waals surface area contributed by atoms with Crippen LogP contribution < -0.4 is 5.32 Å². The lowest BCUT2D eigenvalue weighted by Crippen LogP contribution is -2.53. The molecular formula is C19H26N4O2. The molecule has 1 amide bonds. The summed E-state index contributed by atoms with van der Waals surface area (Å²) in [7, 11) is 1.93. The average molecular weight is 342 g/mol. The summed E-state index contributed by atoms with van der Waals surface area (Å²) in [5.74, 6) is 2.43. The van der Waals surface area contributed by atoms with Crippen LogP contribution in [-0.2, 0) is 18.4 Å². The molecule has 0 aliphatic carbocycles. The van der Waals surface area contributed by atoms with Gasteiger partial charge < -0.3 is 9.73 Å². The van der Waals surface area contributed by atoms with E-state index in [9.17, 15) is 4.79 Å². The van der Waals surface area contributed by atoms with Crippen molar-refractivity contribution in [2.24, 2.45) is 7.05 Å². The van der Waals surface area contributed by atoms with Crippen LogP contribution >= 0.6 is 0 Å². The zero-order valence-electron chi connectivity index (χ0n) is 15.2. The second-order valence-electron chi connectivity index (χ2n) is 7.64. The predicted octanol–water partition coefficient (Wildman–Crippen LogP) is 2.27. The van der Waals surface area contributed by atoms with Gasteiger partial charge in [-0.3, -0.25) is 14.4 Å². The Bertz CT molecular complexity index is 764. The van der Waals surface area contributed by atoms with Crippen molar-refractivity contribution < 1.29 is 9.21 Å². The van der Waals surface area contributed by atoms with Crippen molar-refractivity contribution in [3.05, 3.63) is 41.1 Å². The van der Waals surface area contributed by atoms with Crippen LogP contribution in [0.2, 0.25) is 0 Å². The van der Waals surface area contributed by atoms with Gasteiger partial charge in [0, 0.05) is 44.2 Å². The van der Waals surface area contributed by atoms with Gasteiger partial charge in [0.1, 0.15) is 11.5 Å². The van der Waals surface area contributed by atoms with Crippen LogP contribution in [0.5, 0.6) is 0 Å². The maximum Gasteiger partial charge on any atom is 0.221 e. The van der Waals surface area contributed by atoms with Gasteiger partial charge >= 0.3 is 0 Å². The summed E-state index contributed by atoms with van der Waals surface area (Å²) in [6.07, 6.45) is 6.47. The number of amides is 1. The van der Waals surface area contributed by atoms with Crippen molar-refractivity contribution in [3.8, 4) is 0 Å². The highest BCUT2D eigenvalue weighted by molar-refractivity contribution is 5.81. The smallest absolute Gasteiger partial charge is 0.221 e. The van der Waals surface area contributed by atoms with Crippen molar-refractivity contribution in [3.63, 3.8) is 0 Å². The standard InChI is InChI=1S/C19H26N4O2/c1-13-8-16(25-14(13)2)12-23-6-4-19(5-7-23)17(9-18(24)21-19)15-10-20-22(3)11-15/h8,10-11,17H,4-7,9,12H2,1-3H3,(H,21,24)/t17-/m0/s1. The van der Waals surface area contributed by atoms with E-state index in [1.165, 1.54) is 11.1 Å². The van der Waals surface area contributed by atoms with Gasteiger partial charge in [-0.05, 0) is 43.9 Å². The quantitative estimate of drug-likeness (QED) is 0.929. The minimum absolute atomic E-state index is 0.119. The van der Waals surface area contributed by atoms with Crippen molar-refractivity contribution in [1.82, 2.24) is 20.0 Å². The van der Waals surface area contributed by atoms with E-state index in [0.29, 0.717) is 6.42 Å². The van der Waals surface area contributed by atoms with Crippen LogP contribution in [0.1, 0.15) is 47.8 Å². The zero-order valence-corrected chi connectivity index (χ0v) is 15.2. The molecule has 2 fully saturated rings. The van der Waals surface area contributed by atoms with Gasteiger partial charge in [0.2, 0.25) is 5.91 Å². The fraction of sp³-hybridized carbons (Fsp3) is 0.579. The highest BCUT2D eigenvalue weighted by atomic mass is 16.3. The first-order valence-corrected chi connectivity index (χ1v) is 9.03. The molecule has 0 bridgehead atoms. The van der Waals surface area contributed by atoms with E-state index in [2.05, 4.69) is 28.3 Å². The van der Waals surface area contributed by atoms with E-state index >= 15 is 0 Å². The third-order valence-electron chi connectivity index (χ3n) is 5.92. The molecule has 6 nitrogen and oxygen atoms in total. The highest BCUT2D eigenvalue weighted by Gasteiger charge is 2.49. The summed E-state index contributed by atoms with van der Waals surface area (Å²) < 4.78 is 7.64. The maximum absolute atomic E-state index is 12.2. The van der Waals surface area contributed by atoms with Crippen LogP contribution in [0.4, 0.5) is 0 Å². The second-order valence-corrected chi connectivity index (χ2v) is 7.64. The third kappa shape index (κ3) is 2.99. The molecule has 4 heterocycles. The third-order valence-corrected chi connectivity index (χ3v) is 5.92. The fourth-order valence-corrected chi connectivity index (χ4v) is 4.39. The SMILES string of the molecule is Cc1cc(CN2CCC3(CC2)NC(=O)C[C@H]3c2cnn(C)c2)oc1C. The summed E-state index contributed by atoms with van der Waals surface area (Å²) >= 11 is 0. The molecule has 2 aliphatic heterocycles. The van der Waals surface area contributed by atoms with E-state index in [0.717, 1.165) is 44.0 Å². The van der Waals surface area contributed by atoms with Crippen LogP contribution in [0, 0.1) is 13.8 Å². The first-order valence-electron chi connectivity index (χ1n) is 9.03. The number of furan rings is 1. The van der Waals surface area contributed by atoms with Crippen molar-refractivity contribution >= 4 is 5.91 Å². The van der Waals surface area contributed by atoms with Gasteiger partial charge in [0.05, 0.1) is 12.7 Å². The van der Waals surface area contributed by atoms with E-state index in [-0.39, 0.29) is 17.4 Å². The summed E-state index contributed by atoms with van der Waals surface area (Å²) in [5.41, 5.74) is 2.26. The Kier molecular flexibility index (Phi) is 3.95. The van der Waals surface area contributed by atoms with E-state index < -0.39 is 0 Å². The molecule has 2 aromatic heterocycles. The minimum Gasteiger partial charge on any atom is -0.465 e. The Balaban J connectivity index is 1.46. The lowest BCUT2D eigenvalue weighted by molar-refractivity contribution is -0.120. The van der Waals surface area contributed by atoms with Gasteiger partial charge in [-0.2, -0.15) is 5.10 Å². The van der Waals surface area contributed by atoms with Crippen LogP contribution in [0.3, 0.4) is 0 Å². The lowest BCUT2D eigenvalue weighted by Gasteiger charge is -2.42. The Hall–Kier alpha value is -2.08. The molecule has 0 aromatic carbocycles. The number of aromatic nitrogens is 2. The van der Waals surface area contributed by atoms with E-state index in [1.54, 1.807) is 0 Å². The molecule has 6 heteroatoms. The number of aryl methyl sites for hydroxylation is 3. The van der Waals surface area contributed by atoms with Crippen LogP contribution in [0.15, 0.2) is 22.9 Å². The normalized spacial score (nSPS) is 23.3. The van der Waals surface area contributed by atoms with Gasteiger partial charge in [0.15, 0.2) is 0 Å². The average Bonchev–Trinajstić information content (AvgIpc) is 3.21. The topological polar surface area (TPSA) is 63.3 Å². The number of carbonyl (C=O) groups is 1. The molecule has 1 N–H and O–H groups in total. The number of piperidine rings is 1.